The van der Waals surface area contributed by atoms with Crippen LogP contribution >= 0.6 is 11.3 Å². The fourth-order valence-corrected chi connectivity index (χ4v) is 2.71. The molecule has 0 bridgehead atoms. The maximum Gasteiger partial charge on any atom is 0.123 e. The number of nitrogens with zero attached hydrogens (tertiary/aromatic N) is 1. The zero-order chi connectivity index (χ0) is 13.7. The first-order valence-electron chi connectivity index (χ1n) is 6.52. The van der Waals surface area contributed by atoms with Crippen LogP contribution in [0.1, 0.15) is 30.3 Å². The van der Waals surface area contributed by atoms with Gasteiger partial charge in [0.1, 0.15) is 5.82 Å². The first kappa shape index (κ1) is 14.2. The van der Waals surface area contributed by atoms with Crippen molar-refractivity contribution in [1.29, 1.82) is 0 Å². The standard InChI is InChI=1S/C15H19FN2S/c1-11(2)18-10-13(9-15-17-6-7-19-15)12-4-3-5-14(16)8-12/h3-8,11,13,18H,9-10H2,1-2H3. The van der Waals surface area contributed by atoms with E-state index in [1.807, 2.05) is 17.6 Å². The summed E-state index contributed by atoms with van der Waals surface area (Å²) in [6.07, 6.45) is 2.67. The summed E-state index contributed by atoms with van der Waals surface area (Å²) in [7, 11) is 0. The van der Waals surface area contributed by atoms with E-state index in [2.05, 4.69) is 24.1 Å². The normalized spacial score (nSPS) is 12.8. The Labute approximate surface area is 117 Å². The van der Waals surface area contributed by atoms with Gasteiger partial charge in [0, 0.05) is 36.5 Å². The van der Waals surface area contributed by atoms with E-state index in [0.29, 0.717) is 6.04 Å². The van der Waals surface area contributed by atoms with Gasteiger partial charge in [0.2, 0.25) is 0 Å². The number of hydrogen-bond acceptors (Lipinski definition) is 3. The molecule has 0 amide bonds. The van der Waals surface area contributed by atoms with Gasteiger partial charge in [0.25, 0.3) is 0 Å². The number of thiazole rings is 1. The van der Waals surface area contributed by atoms with E-state index in [1.54, 1.807) is 23.5 Å². The third-order valence-corrected chi connectivity index (χ3v) is 3.80. The molecule has 0 saturated carbocycles. The topological polar surface area (TPSA) is 24.9 Å². The molecule has 19 heavy (non-hydrogen) atoms. The van der Waals surface area contributed by atoms with Gasteiger partial charge in [-0.2, -0.15) is 0 Å². The molecule has 0 spiro atoms. The highest BCUT2D eigenvalue weighted by Gasteiger charge is 2.15. The fourth-order valence-electron chi connectivity index (χ4n) is 2.01. The van der Waals surface area contributed by atoms with Crippen molar-refractivity contribution in [3.63, 3.8) is 0 Å². The summed E-state index contributed by atoms with van der Waals surface area (Å²) in [5, 5.41) is 6.51. The largest absolute Gasteiger partial charge is 0.314 e. The lowest BCUT2D eigenvalue weighted by Crippen LogP contribution is -2.29. The van der Waals surface area contributed by atoms with Gasteiger partial charge in [-0.1, -0.05) is 26.0 Å². The SMILES string of the molecule is CC(C)NCC(Cc1nccs1)c1cccc(F)c1. The first-order valence-corrected chi connectivity index (χ1v) is 7.40. The summed E-state index contributed by atoms with van der Waals surface area (Å²) >= 11 is 1.65. The number of halogens is 1. The number of hydrogen-bond donors (Lipinski definition) is 1. The molecule has 0 fully saturated rings. The van der Waals surface area contributed by atoms with Crippen LogP contribution in [0.4, 0.5) is 4.39 Å². The molecule has 2 rings (SSSR count). The van der Waals surface area contributed by atoms with E-state index < -0.39 is 0 Å². The second-order valence-electron chi connectivity index (χ2n) is 4.94. The second kappa shape index (κ2) is 6.78. The first-order chi connectivity index (χ1) is 9.15. The maximum absolute atomic E-state index is 13.4. The van der Waals surface area contributed by atoms with E-state index in [9.17, 15) is 4.39 Å². The molecule has 0 aliphatic carbocycles. The Morgan fingerprint density at radius 3 is 2.84 bits per heavy atom. The van der Waals surface area contributed by atoms with Crippen LogP contribution in [0.2, 0.25) is 0 Å². The van der Waals surface area contributed by atoms with Gasteiger partial charge >= 0.3 is 0 Å². The summed E-state index contributed by atoms with van der Waals surface area (Å²) in [6.45, 7) is 5.07. The highest BCUT2D eigenvalue weighted by atomic mass is 32.1. The Bertz CT molecular complexity index is 497. The van der Waals surface area contributed by atoms with Crippen molar-refractivity contribution in [1.82, 2.24) is 10.3 Å². The average molecular weight is 278 g/mol. The van der Waals surface area contributed by atoms with E-state index in [4.69, 9.17) is 0 Å². The third kappa shape index (κ3) is 4.40. The van der Waals surface area contributed by atoms with Crippen molar-refractivity contribution in [2.45, 2.75) is 32.2 Å². The van der Waals surface area contributed by atoms with Crippen molar-refractivity contribution in [2.24, 2.45) is 0 Å². The van der Waals surface area contributed by atoms with Gasteiger partial charge in [0.05, 0.1) is 5.01 Å². The molecule has 0 aliphatic heterocycles. The summed E-state index contributed by atoms with van der Waals surface area (Å²) in [5.41, 5.74) is 1.03. The molecule has 1 unspecified atom stereocenters. The number of rotatable bonds is 6. The third-order valence-electron chi connectivity index (χ3n) is 3.00. The van der Waals surface area contributed by atoms with Crippen LogP contribution in [0, 0.1) is 5.82 Å². The van der Waals surface area contributed by atoms with Crippen LogP contribution in [0.3, 0.4) is 0 Å². The molecule has 1 aromatic carbocycles. The maximum atomic E-state index is 13.4. The molecule has 2 nitrogen and oxygen atoms in total. The van der Waals surface area contributed by atoms with Gasteiger partial charge in [-0.15, -0.1) is 11.3 Å². The van der Waals surface area contributed by atoms with Crippen LogP contribution < -0.4 is 5.32 Å². The van der Waals surface area contributed by atoms with Crippen molar-refractivity contribution in [3.05, 3.63) is 52.2 Å². The lowest BCUT2D eigenvalue weighted by atomic mass is 9.95. The molecule has 2 aromatic rings. The molecule has 0 radical (unpaired) electrons. The van der Waals surface area contributed by atoms with Crippen molar-refractivity contribution < 1.29 is 4.39 Å². The molecular formula is C15H19FN2S. The smallest absolute Gasteiger partial charge is 0.123 e. The molecule has 102 valence electrons. The lowest BCUT2D eigenvalue weighted by molar-refractivity contribution is 0.523. The molecule has 0 saturated heterocycles. The number of aromatic nitrogens is 1. The molecule has 1 aromatic heterocycles. The molecule has 1 heterocycles. The van der Waals surface area contributed by atoms with Crippen molar-refractivity contribution in [3.8, 4) is 0 Å². The Morgan fingerprint density at radius 2 is 2.21 bits per heavy atom. The zero-order valence-corrected chi connectivity index (χ0v) is 12.1. The van der Waals surface area contributed by atoms with Crippen LogP contribution in [0.15, 0.2) is 35.8 Å². The number of nitrogens with one attached hydrogen (secondary N) is 1. The molecule has 1 atom stereocenters. The molecule has 0 aliphatic rings. The Balaban J connectivity index is 2.13. The lowest BCUT2D eigenvalue weighted by Gasteiger charge is -2.19. The molecule has 4 heteroatoms. The van der Waals surface area contributed by atoms with E-state index >= 15 is 0 Å². The Morgan fingerprint density at radius 1 is 1.37 bits per heavy atom. The minimum Gasteiger partial charge on any atom is -0.314 e. The van der Waals surface area contributed by atoms with Crippen molar-refractivity contribution >= 4 is 11.3 Å². The van der Waals surface area contributed by atoms with Gasteiger partial charge in [0.15, 0.2) is 0 Å². The Kier molecular flexibility index (Phi) is 5.05. The highest BCUT2D eigenvalue weighted by Crippen LogP contribution is 2.22. The van der Waals surface area contributed by atoms with Gasteiger partial charge in [-0.05, 0) is 17.7 Å². The average Bonchev–Trinajstić information content (AvgIpc) is 2.87. The molecule has 1 N–H and O–H groups in total. The predicted molar refractivity (Wildman–Crippen MR) is 78.1 cm³/mol. The highest BCUT2D eigenvalue weighted by molar-refractivity contribution is 7.09. The van der Waals surface area contributed by atoms with Crippen LogP contribution in [0.25, 0.3) is 0 Å². The monoisotopic (exact) mass is 278 g/mol. The minimum absolute atomic E-state index is 0.175. The van der Waals surface area contributed by atoms with E-state index in [-0.39, 0.29) is 11.7 Å². The van der Waals surface area contributed by atoms with E-state index in [1.165, 1.54) is 6.07 Å². The second-order valence-corrected chi connectivity index (χ2v) is 5.92. The van der Waals surface area contributed by atoms with Crippen LogP contribution in [-0.4, -0.2) is 17.6 Å². The summed E-state index contributed by atoms with van der Waals surface area (Å²) in [4.78, 5) is 4.33. The Hall–Kier alpha value is -1.26. The van der Waals surface area contributed by atoms with Crippen LogP contribution in [0.5, 0.6) is 0 Å². The zero-order valence-electron chi connectivity index (χ0n) is 11.3. The summed E-state index contributed by atoms with van der Waals surface area (Å²) < 4.78 is 13.4. The van der Waals surface area contributed by atoms with E-state index in [0.717, 1.165) is 23.5 Å². The van der Waals surface area contributed by atoms with Gasteiger partial charge in [-0.25, -0.2) is 9.37 Å². The minimum atomic E-state index is -0.175. The number of benzene rings is 1. The van der Waals surface area contributed by atoms with Crippen molar-refractivity contribution in [2.75, 3.05) is 6.54 Å². The quantitative estimate of drug-likeness (QED) is 0.873. The fraction of sp³-hybridized carbons (Fsp3) is 0.400. The predicted octanol–water partition coefficient (Wildman–Crippen LogP) is 3.61. The van der Waals surface area contributed by atoms with Gasteiger partial charge in [-0.3, -0.25) is 0 Å². The molecular weight excluding hydrogens is 259 g/mol. The summed E-state index contributed by atoms with van der Waals surface area (Å²) in [5.74, 6) is 0.0791. The summed E-state index contributed by atoms with van der Waals surface area (Å²) in [6, 6.07) is 7.30. The van der Waals surface area contributed by atoms with Crippen LogP contribution in [-0.2, 0) is 6.42 Å². The van der Waals surface area contributed by atoms with Gasteiger partial charge < -0.3 is 5.32 Å².